The number of nitrogens with one attached hydrogen (secondary N) is 1. The van der Waals surface area contributed by atoms with Crippen molar-refractivity contribution in [3.63, 3.8) is 0 Å². The van der Waals surface area contributed by atoms with E-state index in [1.165, 1.54) is 0 Å². The van der Waals surface area contributed by atoms with Crippen molar-refractivity contribution in [3.8, 4) is 6.07 Å². The van der Waals surface area contributed by atoms with E-state index < -0.39 is 23.3 Å². The van der Waals surface area contributed by atoms with Crippen molar-refractivity contribution < 1.29 is 9.59 Å². The summed E-state index contributed by atoms with van der Waals surface area (Å²) in [5.74, 6) is -1.83. The molecule has 3 N–H and O–H groups in total. The molecule has 2 amide bonds. The molecule has 1 aromatic rings. The van der Waals surface area contributed by atoms with Gasteiger partial charge in [0.25, 0.3) is 0 Å². The van der Waals surface area contributed by atoms with Crippen LogP contribution in [0.25, 0.3) is 0 Å². The molecule has 0 saturated heterocycles. The molecule has 0 aromatic heterocycles. The van der Waals surface area contributed by atoms with Gasteiger partial charge < -0.3 is 11.1 Å². The third-order valence-electron chi connectivity index (χ3n) is 2.60. The summed E-state index contributed by atoms with van der Waals surface area (Å²) in [6.45, 7) is 3.38. The van der Waals surface area contributed by atoms with Gasteiger partial charge >= 0.3 is 0 Å². The van der Waals surface area contributed by atoms with Crippen LogP contribution in [0.15, 0.2) is 30.3 Å². The molecule has 100 valence electrons. The average molecular weight is 259 g/mol. The highest BCUT2D eigenvalue weighted by molar-refractivity contribution is 5.87. The Hall–Kier alpha value is -2.35. The monoisotopic (exact) mass is 259 g/mol. The van der Waals surface area contributed by atoms with Crippen LogP contribution in [0.2, 0.25) is 0 Å². The number of carbonyl (C=O) groups is 2. The first kappa shape index (κ1) is 14.7. The number of nitriles is 1. The fourth-order valence-electron chi connectivity index (χ4n) is 1.82. The lowest BCUT2D eigenvalue weighted by molar-refractivity contribution is -0.124. The van der Waals surface area contributed by atoms with E-state index in [-0.39, 0.29) is 6.42 Å². The Morgan fingerprint density at radius 3 is 2.42 bits per heavy atom. The molecule has 0 fully saturated rings. The Labute approximate surface area is 112 Å². The lowest BCUT2D eigenvalue weighted by Gasteiger charge is -2.26. The highest BCUT2D eigenvalue weighted by Crippen LogP contribution is 2.17. The number of primary amides is 1. The molecule has 1 rings (SSSR count). The summed E-state index contributed by atoms with van der Waals surface area (Å²) in [6, 6.07) is 10.7. The number of amides is 2. The largest absolute Gasteiger partial charge is 0.370 e. The van der Waals surface area contributed by atoms with Gasteiger partial charge in [0.05, 0.1) is 6.07 Å². The van der Waals surface area contributed by atoms with E-state index in [1.54, 1.807) is 38.1 Å². The molecule has 19 heavy (non-hydrogen) atoms. The van der Waals surface area contributed by atoms with Crippen molar-refractivity contribution in [2.24, 2.45) is 5.73 Å². The van der Waals surface area contributed by atoms with Gasteiger partial charge in [-0.3, -0.25) is 9.59 Å². The molecule has 1 unspecified atom stereocenters. The Balaban J connectivity index is 2.82. The molecule has 0 aliphatic heterocycles. The number of benzene rings is 1. The Morgan fingerprint density at radius 2 is 1.95 bits per heavy atom. The topological polar surface area (TPSA) is 96.0 Å². The van der Waals surface area contributed by atoms with E-state index in [0.717, 1.165) is 0 Å². The maximum atomic E-state index is 12.1. The number of nitrogens with zero attached hydrogens (tertiary/aromatic N) is 1. The van der Waals surface area contributed by atoms with Crippen LogP contribution in [-0.2, 0) is 9.59 Å². The fourth-order valence-corrected chi connectivity index (χ4v) is 1.82. The quantitative estimate of drug-likeness (QED) is 0.827. The Bertz CT molecular complexity index is 503. The molecule has 0 aliphatic rings. The minimum absolute atomic E-state index is 0.0195. The second-order valence-corrected chi connectivity index (χ2v) is 4.99. The van der Waals surface area contributed by atoms with Crippen molar-refractivity contribution in [1.82, 2.24) is 5.32 Å². The van der Waals surface area contributed by atoms with Crippen LogP contribution in [0.1, 0.15) is 31.7 Å². The van der Waals surface area contributed by atoms with E-state index in [2.05, 4.69) is 5.32 Å². The van der Waals surface area contributed by atoms with Gasteiger partial charge in [-0.25, -0.2) is 0 Å². The van der Waals surface area contributed by atoms with Gasteiger partial charge in [-0.15, -0.1) is 0 Å². The molecular weight excluding hydrogens is 242 g/mol. The van der Waals surface area contributed by atoms with Gasteiger partial charge in [0.15, 0.2) is 0 Å². The van der Waals surface area contributed by atoms with Crippen molar-refractivity contribution in [2.75, 3.05) is 0 Å². The zero-order valence-corrected chi connectivity index (χ0v) is 11.0. The summed E-state index contributed by atoms with van der Waals surface area (Å²) >= 11 is 0. The second kappa shape index (κ2) is 6.01. The van der Waals surface area contributed by atoms with Crippen LogP contribution in [0.5, 0.6) is 0 Å². The third kappa shape index (κ3) is 4.43. The molecule has 5 heteroatoms. The normalized spacial score (nSPS) is 12.3. The number of rotatable bonds is 5. The molecule has 0 aliphatic carbocycles. The van der Waals surface area contributed by atoms with Crippen molar-refractivity contribution in [3.05, 3.63) is 35.9 Å². The smallest absolute Gasteiger partial charge is 0.242 e. The van der Waals surface area contributed by atoms with Crippen LogP contribution in [0, 0.1) is 11.3 Å². The zero-order chi connectivity index (χ0) is 14.5. The molecular formula is C14H17N3O2. The Kier molecular flexibility index (Phi) is 4.65. The average Bonchev–Trinajstić information content (AvgIpc) is 2.28. The van der Waals surface area contributed by atoms with E-state index in [1.807, 2.05) is 12.1 Å². The van der Waals surface area contributed by atoms with E-state index in [0.29, 0.717) is 5.56 Å². The van der Waals surface area contributed by atoms with Crippen LogP contribution >= 0.6 is 0 Å². The SMILES string of the molecule is CC(C)(CC(N)=O)NC(=O)C(C#N)c1ccccc1. The first-order chi connectivity index (χ1) is 8.85. The van der Waals surface area contributed by atoms with Gasteiger partial charge in [-0.1, -0.05) is 30.3 Å². The predicted octanol–water partition coefficient (Wildman–Crippen LogP) is 1.06. The summed E-state index contributed by atoms with van der Waals surface area (Å²) in [7, 11) is 0. The summed E-state index contributed by atoms with van der Waals surface area (Å²) in [5, 5.41) is 11.8. The minimum Gasteiger partial charge on any atom is -0.370 e. The molecule has 1 atom stereocenters. The highest BCUT2D eigenvalue weighted by atomic mass is 16.2. The predicted molar refractivity (Wildman–Crippen MR) is 70.8 cm³/mol. The maximum absolute atomic E-state index is 12.1. The highest BCUT2D eigenvalue weighted by Gasteiger charge is 2.28. The number of carbonyl (C=O) groups excluding carboxylic acids is 2. The van der Waals surface area contributed by atoms with Gasteiger partial charge in [0.1, 0.15) is 5.92 Å². The number of nitrogens with two attached hydrogens (primary N) is 1. The van der Waals surface area contributed by atoms with Crippen LogP contribution < -0.4 is 11.1 Å². The molecule has 0 heterocycles. The van der Waals surface area contributed by atoms with Gasteiger partial charge in [-0.2, -0.15) is 5.26 Å². The summed E-state index contributed by atoms with van der Waals surface area (Å²) < 4.78 is 0. The van der Waals surface area contributed by atoms with Gasteiger partial charge in [-0.05, 0) is 19.4 Å². The van der Waals surface area contributed by atoms with Crippen molar-refractivity contribution >= 4 is 11.8 Å². The standard InChI is InChI=1S/C14H17N3O2/c1-14(2,8-12(16)18)17-13(19)11(9-15)10-6-4-3-5-7-10/h3-7,11H,8H2,1-2H3,(H2,16,18)(H,17,19). The van der Waals surface area contributed by atoms with Crippen molar-refractivity contribution in [2.45, 2.75) is 31.7 Å². The first-order valence-electron chi connectivity index (χ1n) is 5.90. The van der Waals surface area contributed by atoms with Gasteiger partial charge in [0, 0.05) is 12.0 Å². The van der Waals surface area contributed by atoms with Crippen LogP contribution in [-0.4, -0.2) is 17.4 Å². The lowest BCUT2D eigenvalue weighted by atomic mass is 9.95. The van der Waals surface area contributed by atoms with Crippen LogP contribution in [0.4, 0.5) is 0 Å². The van der Waals surface area contributed by atoms with Crippen LogP contribution in [0.3, 0.4) is 0 Å². The molecule has 0 saturated carbocycles. The van der Waals surface area contributed by atoms with E-state index in [9.17, 15) is 9.59 Å². The molecule has 0 spiro atoms. The van der Waals surface area contributed by atoms with E-state index in [4.69, 9.17) is 11.0 Å². The van der Waals surface area contributed by atoms with Crippen molar-refractivity contribution in [1.29, 1.82) is 5.26 Å². The second-order valence-electron chi connectivity index (χ2n) is 4.99. The molecule has 0 radical (unpaired) electrons. The third-order valence-corrected chi connectivity index (χ3v) is 2.60. The number of hydrogen-bond donors (Lipinski definition) is 2. The Morgan fingerprint density at radius 1 is 1.37 bits per heavy atom. The lowest BCUT2D eigenvalue weighted by Crippen LogP contribution is -2.47. The molecule has 0 bridgehead atoms. The molecule has 5 nitrogen and oxygen atoms in total. The van der Waals surface area contributed by atoms with Gasteiger partial charge in [0.2, 0.25) is 11.8 Å². The van der Waals surface area contributed by atoms with E-state index >= 15 is 0 Å². The summed E-state index contributed by atoms with van der Waals surface area (Å²) in [4.78, 5) is 23.0. The summed E-state index contributed by atoms with van der Waals surface area (Å²) in [5.41, 5.74) is 4.97. The zero-order valence-electron chi connectivity index (χ0n) is 11.0. The first-order valence-corrected chi connectivity index (χ1v) is 5.90. The number of hydrogen-bond acceptors (Lipinski definition) is 3. The maximum Gasteiger partial charge on any atom is 0.242 e. The molecule has 1 aromatic carbocycles. The minimum atomic E-state index is -0.895. The summed E-state index contributed by atoms with van der Waals surface area (Å²) in [6.07, 6.45) is 0.0195. The fraction of sp³-hybridized carbons (Fsp3) is 0.357.